The first kappa shape index (κ1) is 13.3. The molecule has 0 aliphatic rings. The molecule has 0 atom stereocenters. The number of rotatable bonds is 5. The standard InChI is InChI=1S/C10H15NO4/c1-4-7-15-10(13)11(5-2)8-9(12)14-6-3/h1H,5-8H2,2-3H3. The molecule has 0 N–H and O–H groups in total. The molecule has 0 aromatic rings. The summed E-state index contributed by atoms with van der Waals surface area (Å²) >= 11 is 0. The summed E-state index contributed by atoms with van der Waals surface area (Å²) in [6.45, 7) is 3.87. The minimum Gasteiger partial charge on any atom is -0.465 e. The number of nitrogens with zero attached hydrogens (tertiary/aromatic N) is 1. The summed E-state index contributed by atoms with van der Waals surface area (Å²) in [6, 6.07) is 0. The fourth-order valence-corrected chi connectivity index (χ4v) is 0.863. The number of ether oxygens (including phenoxy) is 2. The molecule has 0 unspecified atom stereocenters. The minimum absolute atomic E-state index is 0.0990. The van der Waals surface area contributed by atoms with Gasteiger partial charge >= 0.3 is 12.1 Å². The molecule has 0 fully saturated rings. The van der Waals surface area contributed by atoms with Crippen LogP contribution in [0.5, 0.6) is 0 Å². The van der Waals surface area contributed by atoms with Crippen molar-refractivity contribution in [1.82, 2.24) is 4.90 Å². The van der Waals surface area contributed by atoms with Gasteiger partial charge in [0.1, 0.15) is 6.54 Å². The molecule has 5 nitrogen and oxygen atoms in total. The van der Waals surface area contributed by atoms with Gasteiger partial charge in [0, 0.05) is 6.54 Å². The summed E-state index contributed by atoms with van der Waals surface area (Å²) in [5.41, 5.74) is 0. The highest BCUT2D eigenvalue weighted by molar-refractivity contribution is 5.78. The Morgan fingerprint density at radius 1 is 1.33 bits per heavy atom. The molecule has 0 bridgehead atoms. The summed E-state index contributed by atoms with van der Waals surface area (Å²) in [5, 5.41) is 0. The first-order valence-electron chi connectivity index (χ1n) is 4.66. The maximum atomic E-state index is 11.3. The smallest absolute Gasteiger partial charge is 0.411 e. The van der Waals surface area contributed by atoms with Crippen LogP contribution in [0.2, 0.25) is 0 Å². The molecular formula is C10H15NO4. The molecule has 0 spiro atoms. The van der Waals surface area contributed by atoms with Crippen molar-refractivity contribution in [2.75, 3.05) is 26.3 Å². The predicted molar refractivity (Wildman–Crippen MR) is 54.1 cm³/mol. The van der Waals surface area contributed by atoms with E-state index < -0.39 is 12.1 Å². The second kappa shape index (κ2) is 7.68. The van der Waals surface area contributed by atoms with E-state index in [-0.39, 0.29) is 19.8 Å². The van der Waals surface area contributed by atoms with Gasteiger partial charge in [0.2, 0.25) is 0 Å². The topological polar surface area (TPSA) is 55.8 Å². The lowest BCUT2D eigenvalue weighted by Crippen LogP contribution is -2.36. The predicted octanol–water partition coefficient (Wildman–Crippen LogP) is 0.641. The van der Waals surface area contributed by atoms with Crippen molar-refractivity contribution >= 4 is 12.1 Å². The van der Waals surface area contributed by atoms with E-state index in [4.69, 9.17) is 11.2 Å². The van der Waals surface area contributed by atoms with Crippen molar-refractivity contribution in [3.8, 4) is 12.3 Å². The van der Waals surface area contributed by atoms with Gasteiger partial charge < -0.3 is 9.47 Å². The van der Waals surface area contributed by atoms with Crippen LogP contribution in [0, 0.1) is 12.3 Å². The number of carbonyl (C=O) groups is 2. The quantitative estimate of drug-likeness (QED) is 0.497. The third-order valence-corrected chi connectivity index (χ3v) is 1.54. The molecule has 0 radical (unpaired) electrons. The molecule has 0 rings (SSSR count). The largest absolute Gasteiger partial charge is 0.465 e. The summed E-state index contributed by atoms with van der Waals surface area (Å²) < 4.78 is 9.37. The van der Waals surface area contributed by atoms with Crippen molar-refractivity contribution in [1.29, 1.82) is 0 Å². The summed E-state index contributed by atoms with van der Waals surface area (Å²) in [4.78, 5) is 23.6. The molecule has 0 aromatic carbocycles. The molecule has 0 saturated carbocycles. The first-order chi connectivity index (χ1) is 7.15. The molecule has 0 aliphatic carbocycles. The Kier molecular flexibility index (Phi) is 6.81. The number of hydrogen-bond donors (Lipinski definition) is 0. The number of likely N-dealkylation sites (N-methyl/N-ethyl adjacent to an activating group) is 1. The van der Waals surface area contributed by atoms with Gasteiger partial charge in [-0.3, -0.25) is 9.69 Å². The van der Waals surface area contributed by atoms with E-state index in [0.29, 0.717) is 6.54 Å². The van der Waals surface area contributed by atoms with Crippen LogP contribution >= 0.6 is 0 Å². The number of amides is 1. The third kappa shape index (κ3) is 5.57. The van der Waals surface area contributed by atoms with Gasteiger partial charge in [0.05, 0.1) is 6.61 Å². The van der Waals surface area contributed by atoms with E-state index in [1.165, 1.54) is 4.90 Å². The molecule has 0 heterocycles. The summed E-state index contributed by atoms with van der Waals surface area (Å²) in [7, 11) is 0. The van der Waals surface area contributed by atoms with Crippen LogP contribution < -0.4 is 0 Å². The molecule has 84 valence electrons. The molecule has 0 aromatic heterocycles. The van der Waals surface area contributed by atoms with E-state index >= 15 is 0 Å². The van der Waals surface area contributed by atoms with Gasteiger partial charge in [0.15, 0.2) is 6.61 Å². The Morgan fingerprint density at radius 2 is 2.00 bits per heavy atom. The third-order valence-electron chi connectivity index (χ3n) is 1.54. The van der Waals surface area contributed by atoms with E-state index in [1.54, 1.807) is 13.8 Å². The first-order valence-corrected chi connectivity index (χ1v) is 4.66. The average molecular weight is 213 g/mol. The van der Waals surface area contributed by atoms with E-state index in [9.17, 15) is 9.59 Å². The van der Waals surface area contributed by atoms with Gasteiger partial charge in [-0.1, -0.05) is 5.92 Å². The van der Waals surface area contributed by atoms with Crippen molar-refractivity contribution in [2.24, 2.45) is 0 Å². The highest BCUT2D eigenvalue weighted by atomic mass is 16.6. The Morgan fingerprint density at radius 3 is 2.47 bits per heavy atom. The lowest BCUT2D eigenvalue weighted by molar-refractivity contribution is -0.144. The van der Waals surface area contributed by atoms with Crippen molar-refractivity contribution in [2.45, 2.75) is 13.8 Å². The van der Waals surface area contributed by atoms with Crippen LogP contribution in [-0.4, -0.2) is 43.3 Å². The maximum absolute atomic E-state index is 11.3. The van der Waals surface area contributed by atoms with Gasteiger partial charge in [-0.15, -0.1) is 6.42 Å². The van der Waals surface area contributed by atoms with Crippen LogP contribution in [0.4, 0.5) is 4.79 Å². The van der Waals surface area contributed by atoms with Gasteiger partial charge in [-0.2, -0.15) is 0 Å². The maximum Gasteiger partial charge on any atom is 0.411 e. The lowest BCUT2D eigenvalue weighted by atomic mass is 10.5. The van der Waals surface area contributed by atoms with Crippen LogP contribution in [0.25, 0.3) is 0 Å². The summed E-state index contributed by atoms with van der Waals surface area (Å²) in [6.07, 6.45) is 4.32. The van der Waals surface area contributed by atoms with Gasteiger partial charge in [0.25, 0.3) is 0 Å². The number of hydrogen-bond acceptors (Lipinski definition) is 4. The number of terminal acetylenes is 1. The van der Waals surface area contributed by atoms with E-state index in [2.05, 4.69) is 10.7 Å². The fourth-order valence-electron chi connectivity index (χ4n) is 0.863. The van der Waals surface area contributed by atoms with E-state index in [1.807, 2.05) is 0 Å². The van der Waals surface area contributed by atoms with Crippen LogP contribution in [0.1, 0.15) is 13.8 Å². The van der Waals surface area contributed by atoms with Crippen LogP contribution in [-0.2, 0) is 14.3 Å². The number of carbonyl (C=O) groups excluding carboxylic acids is 2. The SMILES string of the molecule is C#CCOC(=O)N(CC)CC(=O)OCC. The zero-order chi connectivity index (χ0) is 11.7. The zero-order valence-electron chi connectivity index (χ0n) is 8.99. The normalized spacial score (nSPS) is 8.87. The van der Waals surface area contributed by atoms with E-state index in [0.717, 1.165) is 0 Å². The molecule has 1 amide bonds. The van der Waals surface area contributed by atoms with Crippen molar-refractivity contribution in [3.05, 3.63) is 0 Å². The highest BCUT2D eigenvalue weighted by Crippen LogP contribution is 1.95. The lowest BCUT2D eigenvalue weighted by Gasteiger charge is -2.18. The minimum atomic E-state index is -0.608. The van der Waals surface area contributed by atoms with Crippen molar-refractivity contribution in [3.63, 3.8) is 0 Å². The molecular weight excluding hydrogens is 198 g/mol. The summed E-state index contributed by atoms with van der Waals surface area (Å²) in [5.74, 6) is 1.71. The van der Waals surface area contributed by atoms with Crippen LogP contribution in [0.3, 0.4) is 0 Å². The average Bonchev–Trinajstić information content (AvgIpc) is 2.22. The second-order valence-corrected chi connectivity index (χ2v) is 2.58. The van der Waals surface area contributed by atoms with Gasteiger partial charge in [-0.25, -0.2) is 4.79 Å². The molecule has 0 saturated heterocycles. The Labute approximate surface area is 89.3 Å². The second-order valence-electron chi connectivity index (χ2n) is 2.58. The Hall–Kier alpha value is -1.70. The Balaban J connectivity index is 4.07. The van der Waals surface area contributed by atoms with Gasteiger partial charge in [-0.05, 0) is 13.8 Å². The van der Waals surface area contributed by atoms with Crippen molar-refractivity contribution < 1.29 is 19.1 Å². The fraction of sp³-hybridized carbons (Fsp3) is 0.600. The molecule has 15 heavy (non-hydrogen) atoms. The van der Waals surface area contributed by atoms with Crippen LogP contribution in [0.15, 0.2) is 0 Å². The molecule has 5 heteroatoms. The Bertz CT molecular complexity index is 257. The zero-order valence-corrected chi connectivity index (χ0v) is 8.99. The monoisotopic (exact) mass is 213 g/mol. The molecule has 0 aliphatic heterocycles. The number of esters is 1. The highest BCUT2D eigenvalue weighted by Gasteiger charge is 2.16.